The Balaban J connectivity index is 2.30. The van der Waals surface area contributed by atoms with Gasteiger partial charge < -0.3 is 0 Å². The van der Waals surface area contributed by atoms with Gasteiger partial charge in [-0.3, -0.25) is 0 Å². The van der Waals surface area contributed by atoms with Crippen LogP contribution in [0.15, 0.2) is 42.5 Å². The summed E-state index contributed by atoms with van der Waals surface area (Å²) < 4.78 is 0. The minimum atomic E-state index is 1.19. The van der Waals surface area contributed by atoms with Crippen LogP contribution in [-0.4, -0.2) is 0 Å². The van der Waals surface area contributed by atoms with Gasteiger partial charge in [-0.25, -0.2) is 0 Å². The fourth-order valence-electron chi connectivity index (χ4n) is 2.55. The molecular weight excluding hydrogens is 180 g/mol. The molecular formula is C15H14. The van der Waals surface area contributed by atoms with Crippen molar-refractivity contribution in [1.82, 2.24) is 0 Å². The number of rotatable bonds is 0. The fourth-order valence-corrected chi connectivity index (χ4v) is 2.55. The van der Waals surface area contributed by atoms with Crippen LogP contribution in [0.3, 0.4) is 0 Å². The van der Waals surface area contributed by atoms with Gasteiger partial charge in [-0.2, -0.15) is 0 Å². The Labute approximate surface area is 90.6 Å². The second-order valence-corrected chi connectivity index (χ2v) is 4.26. The Morgan fingerprint density at radius 1 is 0.800 bits per heavy atom. The number of fused-ring (bicyclic) bond motifs is 3. The lowest BCUT2D eigenvalue weighted by Gasteiger charge is -2.21. The van der Waals surface area contributed by atoms with Gasteiger partial charge in [-0.15, -0.1) is 0 Å². The molecule has 0 bridgehead atoms. The highest BCUT2D eigenvalue weighted by Crippen LogP contribution is 2.34. The van der Waals surface area contributed by atoms with E-state index >= 15 is 0 Å². The van der Waals surface area contributed by atoms with E-state index in [9.17, 15) is 0 Å². The fraction of sp³-hybridized carbons (Fsp3) is 0.200. The van der Waals surface area contributed by atoms with Crippen LogP contribution in [0.1, 0.15) is 16.7 Å². The van der Waals surface area contributed by atoms with E-state index < -0.39 is 0 Å². The molecule has 0 fully saturated rings. The van der Waals surface area contributed by atoms with Crippen LogP contribution in [0.4, 0.5) is 0 Å². The summed E-state index contributed by atoms with van der Waals surface area (Å²) in [7, 11) is 0. The summed E-state index contributed by atoms with van der Waals surface area (Å²) in [4.78, 5) is 0. The summed E-state index contributed by atoms with van der Waals surface area (Å²) in [6.07, 6.45) is 2.38. The van der Waals surface area contributed by atoms with Crippen molar-refractivity contribution in [2.24, 2.45) is 0 Å². The van der Waals surface area contributed by atoms with Gasteiger partial charge in [-0.05, 0) is 47.6 Å². The van der Waals surface area contributed by atoms with Crippen LogP contribution in [0.2, 0.25) is 0 Å². The van der Waals surface area contributed by atoms with Crippen LogP contribution >= 0.6 is 0 Å². The van der Waals surface area contributed by atoms with Crippen LogP contribution in [0.25, 0.3) is 11.1 Å². The maximum atomic E-state index is 2.25. The molecule has 1 aliphatic rings. The lowest BCUT2D eigenvalue weighted by Crippen LogP contribution is -2.05. The summed E-state index contributed by atoms with van der Waals surface area (Å²) >= 11 is 0. The van der Waals surface area contributed by atoms with Crippen molar-refractivity contribution in [2.45, 2.75) is 19.8 Å². The van der Waals surface area contributed by atoms with E-state index in [1.54, 1.807) is 0 Å². The molecule has 15 heavy (non-hydrogen) atoms. The zero-order valence-electron chi connectivity index (χ0n) is 8.96. The van der Waals surface area contributed by atoms with E-state index in [0.29, 0.717) is 0 Å². The molecule has 0 N–H and O–H groups in total. The molecule has 0 unspecified atom stereocenters. The summed E-state index contributed by atoms with van der Waals surface area (Å²) in [5.41, 5.74) is 7.34. The van der Waals surface area contributed by atoms with Gasteiger partial charge in [0.15, 0.2) is 0 Å². The minimum absolute atomic E-state index is 1.19. The third-order valence-electron chi connectivity index (χ3n) is 3.36. The molecule has 0 spiro atoms. The molecule has 1 aliphatic carbocycles. The Morgan fingerprint density at radius 2 is 1.60 bits per heavy atom. The molecule has 3 rings (SSSR count). The average Bonchev–Trinajstić information content (AvgIpc) is 2.29. The summed E-state index contributed by atoms with van der Waals surface area (Å²) in [6.45, 7) is 2.22. The highest BCUT2D eigenvalue weighted by molar-refractivity contribution is 5.74. The zero-order chi connectivity index (χ0) is 10.3. The zero-order valence-corrected chi connectivity index (χ0v) is 8.96. The van der Waals surface area contributed by atoms with Crippen LogP contribution in [-0.2, 0) is 12.8 Å². The minimum Gasteiger partial charge on any atom is -0.0620 e. The lowest BCUT2D eigenvalue weighted by atomic mass is 9.84. The molecule has 2 aromatic carbocycles. The number of hydrogen-bond acceptors (Lipinski definition) is 0. The Kier molecular flexibility index (Phi) is 1.88. The maximum absolute atomic E-state index is 2.25. The predicted octanol–water partition coefficient (Wildman–Crippen LogP) is 3.76. The molecule has 0 saturated carbocycles. The van der Waals surface area contributed by atoms with E-state index in [4.69, 9.17) is 0 Å². The van der Waals surface area contributed by atoms with Crippen molar-refractivity contribution in [3.63, 3.8) is 0 Å². The van der Waals surface area contributed by atoms with Gasteiger partial charge in [0, 0.05) is 0 Å². The van der Waals surface area contributed by atoms with Gasteiger partial charge in [0.25, 0.3) is 0 Å². The van der Waals surface area contributed by atoms with Gasteiger partial charge >= 0.3 is 0 Å². The van der Waals surface area contributed by atoms with Crippen LogP contribution in [0.5, 0.6) is 0 Å². The molecule has 0 heteroatoms. The van der Waals surface area contributed by atoms with E-state index in [1.165, 1.54) is 40.7 Å². The highest BCUT2D eigenvalue weighted by atomic mass is 14.2. The molecule has 0 amide bonds. The van der Waals surface area contributed by atoms with Gasteiger partial charge in [0.2, 0.25) is 0 Å². The van der Waals surface area contributed by atoms with Crippen LogP contribution < -0.4 is 0 Å². The molecule has 0 radical (unpaired) electrons. The molecule has 0 nitrogen and oxygen atoms in total. The first kappa shape index (κ1) is 8.72. The largest absolute Gasteiger partial charge is 0.0620 e. The topological polar surface area (TPSA) is 0 Å². The summed E-state index contributed by atoms with van der Waals surface area (Å²) in [5, 5.41) is 0. The quantitative estimate of drug-likeness (QED) is 0.599. The molecule has 0 atom stereocenters. The van der Waals surface area contributed by atoms with E-state index in [-0.39, 0.29) is 0 Å². The van der Waals surface area contributed by atoms with E-state index in [1.807, 2.05) is 0 Å². The number of hydrogen-bond donors (Lipinski definition) is 0. The lowest BCUT2D eigenvalue weighted by molar-refractivity contribution is 0.931. The highest BCUT2D eigenvalue weighted by Gasteiger charge is 2.15. The van der Waals surface area contributed by atoms with Crippen molar-refractivity contribution in [1.29, 1.82) is 0 Å². The number of aryl methyl sites for hydroxylation is 2. The van der Waals surface area contributed by atoms with Crippen molar-refractivity contribution >= 4 is 0 Å². The molecule has 2 aromatic rings. The Hall–Kier alpha value is -1.56. The van der Waals surface area contributed by atoms with Crippen molar-refractivity contribution in [3.8, 4) is 11.1 Å². The van der Waals surface area contributed by atoms with Crippen LogP contribution in [0, 0.1) is 6.92 Å². The average molecular weight is 194 g/mol. The normalized spacial score (nSPS) is 13.1. The van der Waals surface area contributed by atoms with E-state index in [0.717, 1.165) is 0 Å². The standard InChI is InChI=1S/C15H14/c1-11-5-4-8-15-13(11)10-9-12-6-2-3-7-14(12)15/h2-8H,9-10H2,1H3. The first-order valence-electron chi connectivity index (χ1n) is 5.53. The third-order valence-corrected chi connectivity index (χ3v) is 3.36. The molecule has 0 heterocycles. The first-order valence-corrected chi connectivity index (χ1v) is 5.53. The van der Waals surface area contributed by atoms with Crippen molar-refractivity contribution in [3.05, 3.63) is 59.2 Å². The third kappa shape index (κ3) is 1.29. The van der Waals surface area contributed by atoms with Crippen molar-refractivity contribution < 1.29 is 0 Å². The molecule has 0 saturated heterocycles. The number of benzene rings is 2. The summed E-state index contributed by atoms with van der Waals surface area (Å²) in [5.74, 6) is 0. The molecule has 0 aliphatic heterocycles. The van der Waals surface area contributed by atoms with Gasteiger partial charge in [-0.1, -0.05) is 42.5 Å². The predicted molar refractivity (Wildman–Crippen MR) is 64.0 cm³/mol. The smallest absolute Gasteiger partial charge is 0.0146 e. The molecule has 74 valence electrons. The Bertz CT molecular complexity index is 509. The monoisotopic (exact) mass is 194 g/mol. The first-order chi connectivity index (χ1) is 7.36. The maximum Gasteiger partial charge on any atom is -0.0146 e. The Morgan fingerprint density at radius 3 is 2.53 bits per heavy atom. The van der Waals surface area contributed by atoms with Crippen molar-refractivity contribution in [2.75, 3.05) is 0 Å². The van der Waals surface area contributed by atoms with E-state index in [2.05, 4.69) is 49.4 Å². The molecule has 0 aromatic heterocycles. The second kappa shape index (κ2) is 3.23. The summed E-state index contributed by atoms with van der Waals surface area (Å²) in [6, 6.07) is 15.4. The van der Waals surface area contributed by atoms with Gasteiger partial charge in [0.05, 0.1) is 0 Å². The van der Waals surface area contributed by atoms with Gasteiger partial charge in [0.1, 0.15) is 0 Å². The SMILES string of the molecule is Cc1cccc2c1CCc1ccccc1-2. The second-order valence-electron chi connectivity index (χ2n) is 4.26.